The van der Waals surface area contributed by atoms with E-state index in [2.05, 4.69) is 10.8 Å². The van der Waals surface area contributed by atoms with Crippen molar-refractivity contribution >= 4 is 17.5 Å². The second kappa shape index (κ2) is 7.50. The molecule has 0 saturated carbocycles. The Morgan fingerprint density at radius 2 is 2.16 bits per heavy atom. The Hall–Kier alpha value is -2.64. The zero-order valence-corrected chi connectivity index (χ0v) is 14.1. The Bertz CT molecular complexity index is 769. The van der Waals surface area contributed by atoms with Crippen LogP contribution in [-0.4, -0.2) is 39.4 Å². The molecule has 2 N–H and O–H groups in total. The van der Waals surface area contributed by atoms with Crippen LogP contribution in [-0.2, 0) is 9.57 Å². The first-order chi connectivity index (χ1) is 12.1. The summed E-state index contributed by atoms with van der Waals surface area (Å²) in [5, 5.41) is 2.97. The van der Waals surface area contributed by atoms with Gasteiger partial charge in [-0.05, 0) is 42.9 Å². The first-order valence-electron chi connectivity index (χ1n) is 7.94. The smallest absolute Gasteiger partial charge is 0.414 e. The van der Waals surface area contributed by atoms with E-state index in [-0.39, 0.29) is 6.10 Å². The van der Waals surface area contributed by atoms with Gasteiger partial charge in [0.2, 0.25) is 0 Å². The summed E-state index contributed by atoms with van der Waals surface area (Å²) < 4.78 is 19.9. The number of cyclic esters (lactones) is 1. The molecule has 0 aromatic heterocycles. The van der Waals surface area contributed by atoms with Crippen molar-refractivity contribution in [3.8, 4) is 11.1 Å². The quantitative estimate of drug-likeness (QED) is 0.788. The number of carbonyl (C=O) groups is 1. The lowest BCUT2D eigenvalue weighted by atomic mass is 10.0. The van der Waals surface area contributed by atoms with Gasteiger partial charge in [-0.2, -0.15) is 0 Å². The van der Waals surface area contributed by atoms with Crippen molar-refractivity contribution in [2.24, 2.45) is 0 Å². The molecule has 1 aliphatic rings. The third-order valence-corrected chi connectivity index (χ3v) is 3.96. The number of hydrogen-bond acceptors (Lipinski definition) is 5. The molecule has 0 bridgehead atoms. The summed E-state index contributed by atoms with van der Waals surface area (Å²) in [5.74, 6) is -0.406. The Morgan fingerprint density at radius 3 is 2.88 bits per heavy atom. The summed E-state index contributed by atoms with van der Waals surface area (Å²) in [4.78, 5) is 18.3. The topological polar surface area (TPSA) is 62.8 Å². The van der Waals surface area contributed by atoms with Gasteiger partial charge in [-0.3, -0.25) is 15.2 Å². The fraction of sp³-hybridized carbons (Fsp3) is 0.278. The third kappa shape index (κ3) is 3.72. The molecule has 1 aliphatic heterocycles. The molecule has 25 heavy (non-hydrogen) atoms. The minimum absolute atomic E-state index is 0.239. The highest BCUT2D eigenvalue weighted by atomic mass is 19.1. The van der Waals surface area contributed by atoms with Gasteiger partial charge < -0.3 is 10.1 Å². The molecular formula is C18H20FN3O3. The Balaban J connectivity index is 1.84. The molecule has 1 atom stereocenters. The van der Waals surface area contributed by atoms with E-state index in [4.69, 9.17) is 9.57 Å². The molecule has 1 amide bonds. The van der Waals surface area contributed by atoms with Crippen molar-refractivity contribution in [1.82, 2.24) is 5.32 Å². The Labute approximate surface area is 145 Å². The number of hydrogen-bond donors (Lipinski definition) is 2. The molecule has 1 heterocycles. The van der Waals surface area contributed by atoms with Gasteiger partial charge in [0.1, 0.15) is 11.9 Å². The Morgan fingerprint density at radius 1 is 1.32 bits per heavy atom. The van der Waals surface area contributed by atoms with Crippen molar-refractivity contribution < 1.29 is 18.8 Å². The second-order valence-corrected chi connectivity index (χ2v) is 5.73. The number of nitrogens with one attached hydrogen (secondary N) is 2. The van der Waals surface area contributed by atoms with Crippen LogP contribution in [0.5, 0.6) is 0 Å². The molecule has 7 heteroatoms. The summed E-state index contributed by atoms with van der Waals surface area (Å²) in [6.07, 6.45) is -0.698. The highest BCUT2D eigenvalue weighted by Gasteiger charge is 2.32. The first kappa shape index (κ1) is 17.2. The molecule has 0 aliphatic carbocycles. The molecule has 132 valence electrons. The van der Waals surface area contributed by atoms with Crippen LogP contribution in [0, 0.1) is 5.82 Å². The molecule has 3 rings (SSSR count). The van der Waals surface area contributed by atoms with Gasteiger partial charge in [-0.15, -0.1) is 0 Å². The Kier molecular flexibility index (Phi) is 5.16. The van der Waals surface area contributed by atoms with Gasteiger partial charge in [0.05, 0.1) is 25.0 Å². The van der Waals surface area contributed by atoms with Crippen LogP contribution in [0.4, 0.5) is 20.6 Å². The van der Waals surface area contributed by atoms with Crippen molar-refractivity contribution in [2.45, 2.75) is 6.10 Å². The zero-order valence-electron chi connectivity index (χ0n) is 14.1. The van der Waals surface area contributed by atoms with Gasteiger partial charge in [0, 0.05) is 12.1 Å². The highest BCUT2D eigenvalue weighted by Crippen LogP contribution is 2.30. The molecule has 1 fully saturated rings. The number of halogens is 1. The van der Waals surface area contributed by atoms with Crippen molar-refractivity contribution in [1.29, 1.82) is 0 Å². The molecule has 6 nitrogen and oxygen atoms in total. The standard InChI is InChI=1S/C18H20FN3O3/c1-20-10-15-11-22(18(23)25-15)14-6-7-16(17(19)9-14)12-4-3-5-13(8-12)21-24-2/h3-9,15,20-21H,10-11H2,1-2H3. The maximum atomic E-state index is 14.6. The maximum absolute atomic E-state index is 14.6. The molecule has 1 unspecified atom stereocenters. The third-order valence-electron chi connectivity index (χ3n) is 3.96. The van der Waals surface area contributed by atoms with E-state index < -0.39 is 11.9 Å². The van der Waals surface area contributed by atoms with Crippen LogP contribution >= 0.6 is 0 Å². The number of likely N-dealkylation sites (N-methyl/N-ethyl adjacent to an activating group) is 1. The summed E-state index contributed by atoms with van der Waals surface area (Å²) in [6.45, 7) is 0.952. The van der Waals surface area contributed by atoms with Crippen LogP contribution in [0.1, 0.15) is 0 Å². The lowest BCUT2D eigenvalue weighted by Gasteiger charge is -2.15. The molecule has 2 aromatic carbocycles. The van der Waals surface area contributed by atoms with Crippen LogP contribution in [0.3, 0.4) is 0 Å². The van der Waals surface area contributed by atoms with Crippen LogP contribution < -0.4 is 15.7 Å². The predicted molar refractivity (Wildman–Crippen MR) is 94.0 cm³/mol. The molecule has 2 aromatic rings. The first-order valence-corrected chi connectivity index (χ1v) is 7.94. The minimum Gasteiger partial charge on any atom is -0.443 e. The maximum Gasteiger partial charge on any atom is 0.414 e. The number of ether oxygens (including phenoxy) is 1. The molecular weight excluding hydrogens is 325 g/mol. The van der Waals surface area contributed by atoms with E-state index in [1.165, 1.54) is 18.1 Å². The SMILES string of the molecule is CNCC1CN(c2ccc(-c3cccc(NOC)c3)c(F)c2)C(=O)O1. The normalized spacial score (nSPS) is 16.8. The van der Waals surface area contributed by atoms with Crippen molar-refractivity contribution in [2.75, 3.05) is 37.6 Å². The second-order valence-electron chi connectivity index (χ2n) is 5.73. The van der Waals surface area contributed by atoms with E-state index in [1.54, 1.807) is 25.2 Å². The van der Waals surface area contributed by atoms with Crippen LogP contribution in [0.15, 0.2) is 42.5 Å². The number of amides is 1. The van der Waals surface area contributed by atoms with Crippen molar-refractivity contribution in [3.05, 3.63) is 48.3 Å². The largest absolute Gasteiger partial charge is 0.443 e. The van der Waals surface area contributed by atoms with E-state index in [0.717, 1.165) is 5.69 Å². The van der Waals surface area contributed by atoms with Gasteiger partial charge in [0.15, 0.2) is 0 Å². The lowest BCUT2D eigenvalue weighted by Crippen LogP contribution is -2.29. The van der Waals surface area contributed by atoms with Crippen LogP contribution in [0.25, 0.3) is 11.1 Å². The fourth-order valence-electron chi connectivity index (χ4n) is 2.84. The summed E-state index contributed by atoms with van der Waals surface area (Å²) in [6, 6.07) is 12.0. The van der Waals surface area contributed by atoms with E-state index in [9.17, 15) is 9.18 Å². The summed E-state index contributed by atoms with van der Waals surface area (Å²) in [5.41, 5.74) is 5.08. The number of carbonyl (C=O) groups excluding carboxylic acids is 1. The number of benzene rings is 2. The van der Waals surface area contributed by atoms with Crippen molar-refractivity contribution in [3.63, 3.8) is 0 Å². The number of anilines is 2. The fourth-order valence-corrected chi connectivity index (χ4v) is 2.84. The summed E-state index contributed by atoms with van der Waals surface area (Å²) >= 11 is 0. The van der Waals surface area contributed by atoms with Crippen LogP contribution in [0.2, 0.25) is 0 Å². The highest BCUT2D eigenvalue weighted by molar-refractivity contribution is 5.90. The van der Waals surface area contributed by atoms with Gasteiger partial charge >= 0.3 is 6.09 Å². The zero-order chi connectivity index (χ0) is 17.8. The van der Waals surface area contributed by atoms with E-state index >= 15 is 0 Å². The average Bonchev–Trinajstić information content (AvgIpc) is 2.96. The molecule has 0 spiro atoms. The average molecular weight is 345 g/mol. The van der Waals surface area contributed by atoms with E-state index in [0.29, 0.717) is 29.9 Å². The number of nitrogens with zero attached hydrogens (tertiary/aromatic N) is 1. The monoisotopic (exact) mass is 345 g/mol. The van der Waals surface area contributed by atoms with E-state index in [1.807, 2.05) is 18.2 Å². The predicted octanol–water partition coefficient (Wildman–Crippen LogP) is 3.01. The lowest BCUT2D eigenvalue weighted by molar-refractivity contribution is 0.141. The number of rotatable bonds is 6. The molecule has 0 radical (unpaired) electrons. The van der Waals surface area contributed by atoms with Gasteiger partial charge in [-0.1, -0.05) is 12.1 Å². The van der Waals surface area contributed by atoms with Gasteiger partial charge in [-0.25, -0.2) is 9.18 Å². The minimum atomic E-state index is -0.460. The summed E-state index contributed by atoms with van der Waals surface area (Å²) in [7, 11) is 3.30. The van der Waals surface area contributed by atoms with Gasteiger partial charge in [0.25, 0.3) is 0 Å². The molecule has 1 saturated heterocycles.